The smallest absolute Gasteiger partial charge is 0.221 e. The summed E-state index contributed by atoms with van der Waals surface area (Å²) in [5, 5.41) is 9.38. The number of hydrogen-bond acceptors (Lipinski definition) is 4. The van der Waals surface area contributed by atoms with Crippen LogP contribution in [0.5, 0.6) is 5.75 Å². The SMILES string of the molecule is CCNC(=NCc1ccc(OC)c(NC(C)=O)c1)NCCCOC(C)c1ccccc1.I. The first-order valence-electron chi connectivity index (χ1n) is 10.7. The quantitative estimate of drug-likeness (QED) is 0.165. The van der Waals surface area contributed by atoms with Crippen molar-refractivity contribution in [2.75, 3.05) is 32.1 Å². The third-order valence-corrected chi connectivity index (χ3v) is 4.59. The van der Waals surface area contributed by atoms with Crippen LogP contribution in [0.3, 0.4) is 0 Å². The van der Waals surface area contributed by atoms with Gasteiger partial charge in [0, 0.05) is 26.6 Å². The van der Waals surface area contributed by atoms with Crippen molar-refractivity contribution in [3.8, 4) is 5.75 Å². The van der Waals surface area contributed by atoms with Gasteiger partial charge in [0.15, 0.2) is 5.96 Å². The molecule has 0 saturated heterocycles. The number of ether oxygens (including phenoxy) is 2. The van der Waals surface area contributed by atoms with E-state index in [1.54, 1.807) is 7.11 Å². The number of aliphatic imine (C=N–C) groups is 1. The second-order valence-electron chi connectivity index (χ2n) is 7.12. The maximum Gasteiger partial charge on any atom is 0.221 e. The Labute approximate surface area is 208 Å². The van der Waals surface area contributed by atoms with Gasteiger partial charge in [0.1, 0.15) is 5.75 Å². The van der Waals surface area contributed by atoms with E-state index in [4.69, 9.17) is 9.47 Å². The first-order chi connectivity index (χ1) is 15.0. The van der Waals surface area contributed by atoms with E-state index in [1.165, 1.54) is 12.5 Å². The van der Waals surface area contributed by atoms with Crippen molar-refractivity contribution >= 4 is 41.5 Å². The lowest BCUT2D eigenvalue weighted by molar-refractivity contribution is -0.114. The Hall–Kier alpha value is -2.33. The molecular weight excluding hydrogens is 519 g/mol. The molecule has 0 radical (unpaired) electrons. The Morgan fingerprint density at radius 2 is 1.88 bits per heavy atom. The number of halogens is 1. The summed E-state index contributed by atoms with van der Waals surface area (Å²) >= 11 is 0. The topological polar surface area (TPSA) is 84.0 Å². The zero-order valence-corrected chi connectivity index (χ0v) is 21.6. The van der Waals surface area contributed by atoms with Crippen LogP contribution in [0.4, 0.5) is 5.69 Å². The number of carbonyl (C=O) groups is 1. The first-order valence-corrected chi connectivity index (χ1v) is 10.7. The molecule has 0 bridgehead atoms. The van der Waals surface area contributed by atoms with E-state index in [1.807, 2.05) is 43.3 Å². The molecule has 0 aliphatic carbocycles. The third-order valence-electron chi connectivity index (χ3n) is 4.59. The van der Waals surface area contributed by atoms with E-state index in [0.29, 0.717) is 24.6 Å². The number of nitrogens with zero attached hydrogens (tertiary/aromatic N) is 1. The van der Waals surface area contributed by atoms with Crippen LogP contribution in [0.2, 0.25) is 0 Å². The van der Waals surface area contributed by atoms with E-state index in [-0.39, 0.29) is 36.0 Å². The zero-order valence-electron chi connectivity index (χ0n) is 19.3. The average Bonchev–Trinajstić information content (AvgIpc) is 2.77. The normalized spacial score (nSPS) is 11.8. The van der Waals surface area contributed by atoms with Gasteiger partial charge in [-0.15, -0.1) is 24.0 Å². The second-order valence-corrected chi connectivity index (χ2v) is 7.12. The molecule has 0 saturated carbocycles. The summed E-state index contributed by atoms with van der Waals surface area (Å²) in [5.41, 5.74) is 2.80. The van der Waals surface area contributed by atoms with E-state index in [9.17, 15) is 4.79 Å². The summed E-state index contributed by atoms with van der Waals surface area (Å²) in [5.74, 6) is 1.23. The number of methoxy groups -OCH3 is 1. The first kappa shape index (κ1) is 27.7. The van der Waals surface area contributed by atoms with Gasteiger partial charge in [-0.05, 0) is 43.5 Å². The predicted molar refractivity (Wildman–Crippen MR) is 141 cm³/mol. The van der Waals surface area contributed by atoms with Crippen LogP contribution in [0.1, 0.15) is 44.4 Å². The van der Waals surface area contributed by atoms with Crippen LogP contribution >= 0.6 is 24.0 Å². The highest BCUT2D eigenvalue weighted by Gasteiger charge is 2.07. The van der Waals surface area contributed by atoms with Crippen LogP contribution in [-0.2, 0) is 16.1 Å². The Morgan fingerprint density at radius 3 is 2.53 bits per heavy atom. The van der Waals surface area contributed by atoms with Crippen molar-refractivity contribution in [2.45, 2.75) is 39.8 Å². The van der Waals surface area contributed by atoms with Gasteiger partial charge in [0.05, 0.1) is 25.4 Å². The van der Waals surface area contributed by atoms with Crippen LogP contribution in [-0.4, -0.2) is 38.7 Å². The largest absolute Gasteiger partial charge is 0.495 e. The van der Waals surface area contributed by atoms with Crippen molar-refractivity contribution in [1.82, 2.24) is 10.6 Å². The monoisotopic (exact) mass is 554 g/mol. The van der Waals surface area contributed by atoms with Crippen LogP contribution in [0.15, 0.2) is 53.5 Å². The van der Waals surface area contributed by atoms with Gasteiger partial charge in [0.2, 0.25) is 5.91 Å². The number of anilines is 1. The fraction of sp³-hybridized carbons (Fsp3) is 0.417. The van der Waals surface area contributed by atoms with Crippen molar-refractivity contribution in [2.24, 2.45) is 4.99 Å². The van der Waals surface area contributed by atoms with Gasteiger partial charge in [0.25, 0.3) is 0 Å². The predicted octanol–water partition coefficient (Wildman–Crippen LogP) is 4.49. The molecular formula is C24H35IN4O3. The van der Waals surface area contributed by atoms with Crippen LogP contribution in [0.25, 0.3) is 0 Å². The number of nitrogens with one attached hydrogen (secondary N) is 3. The van der Waals surface area contributed by atoms with Crippen molar-refractivity contribution in [1.29, 1.82) is 0 Å². The fourth-order valence-electron chi connectivity index (χ4n) is 3.01. The van der Waals surface area contributed by atoms with Gasteiger partial charge in [-0.25, -0.2) is 4.99 Å². The molecule has 1 atom stereocenters. The van der Waals surface area contributed by atoms with Gasteiger partial charge < -0.3 is 25.4 Å². The number of rotatable bonds is 11. The highest BCUT2D eigenvalue weighted by atomic mass is 127. The number of hydrogen-bond donors (Lipinski definition) is 3. The third kappa shape index (κ3) is 9.86. The van der Waals surface area contributed by atoms with Crippen molar-refractivity contribution in [3.63, 3.8) is 0 Å². The standard InChI is InChI=1S/C24H34N4O3.HI/c1-5-25-24(26-14-9-15-31-18(2)21-10-7-6-8-11-21)27-17-20-12-13-23(30-4)22(16-20)28-19(3)29;/h6-8,10-13,16,18H,5,9,14-15,17H2,1-4H3,(H,28,29)(H2,25,26,27);1H. The molecule has 0 aliphatic rings. The molecule has 3 N–H and O–H groups in total. The summed E-state index contributed by atoms with van der Waals surface area (Å²) in [7, 11) is 1.58. The Bertz CT molecular complexity index is 846. The Balaban J connectivity index is 0.00000512. The van der Waals surface area contributed by atoms with Crippen molar-refractivity contribution in [3.05, 3.63) is 59.7 Å². The zero-order chi connectivity index (χ0) is 22.5. The molecule has 1 amide bonds. The maximum atomic E-state index is 11.4. The molecule has 32 heavy (non-hydrogen) atoms. The second kappa shape index (κ2) is 15.5. The molecule has 0 aliphatic heterocycles. The number of guanidine groups is 1. The van der Waals surface area contributed by atoms with Gasteiger partial charge >= 0.3 is 0 Å². The molecule has 2 aromatic rings. The minimum absolute atomic E-state index is 0. The number of benzene rings is 2. The van der Waals surface area contributed by atoms with Crippen LogP contribution < -0.4 is 20.7 Å². The summed E-state index contributed by atoms with van der Waals surface area (Å²) in [6, 6.07) is 15.9. The van der Waals surface area contributed by atoms with Crippen molar-refractivity contribution < 1.29 is 14.3 Å². The average molecular weight is 554 g/mol. The summed E-state index contributed by atoms with van der Waals surface area (Å²) < 4.78 is 11.2. The summed E-state index contributed by atoms with van der Waals surface area (Å²) in [6.07, 6.45) is 0.951. The molecule has 8 heteroatoms. The molecule has 0 fully saturated rings. The lowest BCUT2D eigenvalue weighted by Crippen LogP contribution is -2.38. The van der Waals surface area contributed by atoms with Crippen LogP contribution in [0, 0.1) is 0 Å². The summed E-state index contributed by atoms with van der Waals surface area (Å²) in [4.78, 5) is 16.1. The minimum Gasteiger partial charge on any atom is -0.495 e. The highest BCUT2D eigenvalue weighted by molar-refractivity contribution is 14.0. The molecule has 2 rings (SSSR count). The summed E-state index contributed by atoms with van der Waals surface area (Å²) in [6.45, 7) is 8.25. The molecule has 0 heterocycles. The van der Waals surface area contributed by atoms with E-state index in [2.05, 4.69) is 40.0 Å². The van der Waals surface area contributed by atoms with Gasteiger partial charge in [-0.3, -0.25) is 4.79 Å². The molecule has 0 spiro atoms. The molecule has 0 aromatic heterocycles. The van der Waals surface area contributed by atoms with Gasteiger partial charge in [-0.2, -0.15) is 0 Å². The molecule has 7 nitrogen and oxygen atoms in total. The van der Waals surface area contributed by atoms with E-state index < -0.39 is 0 Å². The molecule has 176 valence electrons. The highest BCUT2D eigenvalue weighted by Crippen LogP contribution is 2.25. The number of carbonyl (C=O) groups excluding carboxylic acids is 1. The fourth-order valence-corrected chi connectivity index (χ4v) is 3.01. The minimum atomic E-state index is -0.141. The lowest BCUT2D eigenvalue weighted by Gasteiger charge is -2.15. The number of amides is 1. The Kier molecular flexibility index (Phi) is 13.4. The molecule has 1 unspecified atom stereocenters. The molecule has 2 aromatic carbocycles. The van der Waals surface area contributed by atoms with E-state index in [0.717, 1.165) is 31.0 Å². The van der Waals surface area contributed by atoms with E-state index >= 15 is 0 Å². The van der Waals surface area contributed by atoms with Gasteiger partial charge in [-0.1, -0.05) is 36.4 Å². The Morgan fingerprint density at radius 1 is 1.12 bits per heavy atom. The lowest BCUT2D eigenvalue weighted by atomic mass is 10.1. The maximum absolute atomic E-state index is 11.4.